The number of carboxylic acid groups (broad SMARTS) is 1. The van der Waals surface area contributed by atoms with E-state index >= 15 is 0 Å². The zero-order valence-electron chi connectivity index (χ0n) is 20.5. The Balaban J connectivity index is 1.94. The van der Waals surface area contributed by atoms with Crippen LogP contribution in [0, 0.1) is 5.92 Å². The van der Waals surface area contributed by atoms with E-state index < -0.39 is 17.9 Å². The number of nitrogens with zero attached hydrogens (tertiary/aromatic N) is 3. The smallest absolute Gasteiger partial charge is 0.309 e. The van der Waals surface area contributed by atoms with E-state index in [1.54, 1.807) is 19.5 Å². The fourth-order valence-corrected chi connectivity index (χ4v) is 4.86. The van der Waals surface area contributed by atoms with Gasteiger partial charge < -0.3 is 14.7 Å². The Kier molecular flexibility index (Phi) is 9.45. The van der Waals surface area contributed by atoms with Gasteiger partial charge in [0.2, 0.25) is 5.91 Å². The summed E-state index contributed by atoms with van der Waals surface area (Å²) in [5.74, 6) is -1.03. The van der Waals surface area contributed by atoms with Crippen molar-refractivity contribution in [2.24, 2.45) is 5.92 Å². The number of aliphatic carboxylic acids is 1. The Morgan fingerprint density at radius 3 is 2.29 bits per heavy atom. The van der Waals surface area contributed by atoms with E-state index in [-0.39, 0.29) is 18.4 Å². The van der Waals surface area contributed by atoms with Gasteiger partial charge in [-0.3, -0.25) is 19.5 Å². The van der Waals surface area contributed by atoms with E-state index in [4.69, 9.17) is 4.74 Å². The fourth-order valence-electron chi connectivity index (χ4n) is 4.86. The van der Waals surface area contributed by atoms with Crippen LogP contribution in [0.2, 0.25) is 0 Å². The van der Waals surface area contributed by atoms with Crippen LogP contribution in [-0.4, -0.2) is 65.1 Å². The molecule has 0 saturated carbocycles. The molecule has 1 aliphatic rings. The van der Waals surface area contributed by atoms with Crippen LogP contribution >= 0.6 is 0 Å². The van der Waals surface area contributed by atoms with Crippen LogP contribution in [0.1, 0.15) is 62.6 Å². The molecule has 1 aliphatic heterocycles. The van der Waals surface area contributed by atoms with Gasteiger partial charge in [-0.2, -0.15) is 0 Å². The number of pyridine rings is 1. The van der Waals surface area contributed by atoms with E-state index in [1.165, 1.54) is 0 Å². The average Bonchev–Trinajstić information content (AvgIpc) is 3.24. The molecular weight excluding hydrogens is 430 g/mol. The van der Waals surface area contributed by atoms with Crippen molar-refractivity contribution in [1.82, 2.24) is 14.8 Å². The average molecular weight is 468 g/mol. The van der Waals surface area contributed by atoms with Crippen LogP contribution in [0.3, 0.4) is 0 Å². The number of likely N-dealkylation sites (tertiary alicyclic amines) is 1. The van der Waals surface area contributed by atoms with Crippen molar-refractivity contribution >= 4 is 11.9 Å². The van der Waals surface area contributed by atoms with Crippen molar-refractivity contribution in [3.05, 3.63) is 59.9 Å². The molecule has 3 atom stereocenters. The highest BCUT2D eigenvalue weighted by Crippen LogP contribution is 2.46. The van der Waals surface area contributed by atoms with E-state index in [1.807, 2.05) is 46.2 Å². The standard InChI is InChI=1S/C27H37N3O4/c1-4-6-15-29(16-7-5-2)24(31)19-30-18-23(21-9-8-14-28-17-21)25(27(32)33)26(30)20-10-12-22(34-3)13-11-20/h8-14,17,23,25-26H,4-7,15-16,18-19H2,1-3H3,(H,32,33)/t23-,25-,26+/m1/s1. The molecule has 0 aliphatic carbocycles. The number of hydrogen-bond acceptors (Lipinski definition) is 5. The summed E-state index contributed by atoms with van der Waals surface area (Å²) < 4.78 is 5.30. The van der Waals surface area contributed by atoms with Crippen LogP contribution in [-0.2, 0) is 9.59 Å². The Hall–Kier alpha value is -2.93. The van der Waals surface area contributed by atoms with Gasteiger partial charge in [-0.1, -0.05) is 44.9 Å². The third-order valence-corrected chi connectivity index (χ3v) is 6.71. The number of methoxy groups -OCH3 is 1. The summed E-state index contributed by atoms with van der Waals surface area (Å²) in [6.07, 6.45) is 7.42. The maximum Gasteiger partial charge on any atom is 0.309 e. The van der Waals surface area contributed by atoms with Gasteiger partial charge in [0, 0.05) is 44.0 Å². The summed E-state index contributed by atoms with van der Waals surface area (Å²) in [5, 5.41) is 10.3. The van der Waals surface area contributed by atoms with Gasteiger partial charge in [-0.15, -0.1) is 0 Å². The summed E-state index contributed by atoms with van der Waals surface area (Å²) in [4.78, 5) is 34.2. The zero-order valence-corrected chi connectivity index (χ0v) is 20.5. The molecule has 184 valence electrons. The second-order valence-corrected chi connectivity index (χ2v) is 8.99. The third kappa shape index (κ3) is 6.14. The Morgan fingerprint density at radius 2 is 1.76 bits per heavy atom. The molecule has 1 aromatic carbocycles. The van der Waals surface area contributed by atoms with E-state index in [0.29, 0.717) is 12.3 Å². The lowest BCUT2D eigenvalue weighted by molar-refractivity contribution is -0.144. The lowest BCUT2D eigenvalue weighted by atomic mass is 9.83. The number of benzene rings is 1. The number of ether oxygens (including phenoxy) is 1. The van der Waals surface area contributed by atoms with Crippen LogP contribution in [0.5, 0.6) is 5.75 Å². The molecule has 1 N–H and O–H groups in total. The van der Waals surface area contributed by atoms with Crippen LogP contribution in [0.25, 0.3) is 0 Å². The fraction of sp³-hybridized carbons (Fsp3) is 0.519. The topological polar surface area (TPSA) is 83.0 Å². The van der Waals surface area contributed by atoms with Gasteiger partial charge in [0.15, 0.2) is 0 Å². The van der Waals surface area contributed by atoms with Gasteiger partial charge in [0.1, 0.15) is 5.75 Å². The summed E-state index contributed by atoms with van der Waals surface area (Å²) >= 11 is 0. The summed E-state index contributed by atoms with van der Waals surface area (Å²) in [6, 6.07) is 10.9. The van der Waals surface area contributed by atoms with Crippen molar-refractivity contribution in [2.75, 3.05) is 33.3 Å². The minimum Gasteiger partial charge on any atom is -0.497 e. The zero-order chi connectivity index (χ0) is 24.5. The van der Waals surface area contributed by atoms with Crippen molar-refractivity contribution in [3.63, 3.8) is 0 Å². The highest BCUT2D eigenvalue weighted by molar-refractivity contribution is 5.79. The Labute approximate surface area is 202 Å². The molecule has 7 nitrogen and oxygen atoms in total. The summed E-state index contributed by atoms with van der Waals surface area (Å²) in [7, 11) is 1.61. The summed E-state index contributed by atoms with van der Waals surface area (Å²) in [5.41, 5.74) is 1.76. The van der Waals surface area contributed by atoms with Crippen molar-refractivity contribution in [3.8, 4) is 5.75 Å². The highest BCUT2D eigenvalue weighted by Gasteiger charge is 2.48. The first-order valence-corrected chi connectivity index (χ1v) is 12.3. The molecule has 7 heteroatoms. The largest absolute Gasteiger partial charge is 0.497 e. The first-order valence-electron chi connectivity index (χ1n) is 12.3. The minimum absolute atomic E-state index is 0.0661. The lowest BCUT2D eigenvalue weighted by Gasteiger charge is -2.30. The molecule has 34 heavy (non-hydrogen) atoms. The number of unbranched alkanes of at least 4 members (excludes halogenated alkanes) is 2. The molecule has 0 radical (unpaired) electrons. The SMILES string of the molecule is CCCCN(CCCC)C(=O)CN1C[C@H](c2cccnc2)[C@@H](C(=O)O)[C@@H]1c1ccc(OC)cc1. The van der Waals surface area contributed by atoms with Crippen LogP contribution in [0.15, 0.2) is 48.8 Å². The molecule has 3 rings (SSSR count). The first-order chi connectivity index (χ1) is 16.5. The molecule has 2 heterocycles. The Morgan fingerprint density at radius 1 is 1.09 bits per heavy atom. The molecule has 0 spiro atoms. The van der Waals surface area contributed by atoms with E-state index in [9.17, 15) is 14.7 Å². The molecule has 0 bridgehead atoms. The molecule has 1 aromatic heterocycles. The van der Waals surface area contributed by atoms with Gasteiger partial charge in [-0.05, 0) is 42.2 Å². The minimum atomic E-state index is -0.863. The predicted octanol–water partition coefficient (Wildman–Crippen LogP) is 4.36. The van der Waals surface area contributed by atoms with E-state index in [0.717, 1.165) is 49.9 Å². The molecule has 1 saturated heterocycles. The normalized spacial score (nSPS) is 20.3. The number of amides is 1. The molecule has 2 aromatic rings. The number of carboxylic acids is 1. The Bertz CT molecular complexity index is 911. The number of aromatic nitrogens is 1. The number of carbonyl (C=O) groups is 2. The van der Waals surface area contributed by atoms with Gasteiger partial charge in [0.25, 0.3) is 0 Å². The van der Waals surface area contributed by atoms with Crippen molar-refractivity contribution < 1.29 is 19.4 Å². The van der Waals surface area contributed by atoms with Crippen molar-refractivity contribution in [2.45, 2.75) is 51.5 Å². The van der Waals surface area contributed by atoms with Crippen LogP contribution < -0.4 is 4.74 Å². The van der Waals surface area contributed by atoms with E-state index in [2.05, 4.69) is 18.8 Å². The quantitative estimate of drug-likeness (QED) is 0.499. The maximum atomic E-state index is 13.4. The van der Waals surface area contributed by atoms with Gasteiger partial charge >= 0.3 is 5.97 Å². The first kappa shape index (κ1) is 25.7. The molecule has 1 amide bonds. The monoisotopic (exact) mass is 467 g/mol. The molecular formula is C27H37N3O4. The maximum absolute atomic E-state index is 13.4. The molecule has 0 unspecified atom stereocenters. The second kappa shape index (κ2) is 12.5. The van der Waals surface area contributed by atoms with Gasteiger partial charge in [-0.25, -0.2) is 0 Å². The highest BCUT2D eigenvalue weighted by atomic mass is 16.5. The number of rotatable bonds is 12. The third-order valence-electron chi connectivity index (χ3n) is 6.71. The second-order valence-electron chi connectivity index (χ2n) is 8.99. The van der Waals surface area contributed by atoms with Crippen molar-refractivity contribution in [1.29, 1.82) is 0 Å². The van der Waals surface area contributed by atoms with Crippen LogP contribution in [0.4, 0.5) is 0 Å². The molecule has 1 fully saturated rings. The lowest BCUT2D eigenvalue weighted by Crippen LogP contribution is -2.42. The van der Waals surface area contributed by atoms with Gasteiger partial charge in [0.05, 0.1) is 19.6 Å². The number of carbonyl (C=O) groups excluding carboxylic acids is 1. The summed E-state index contributed by atoms with van der Waals surface area (Å²) in [6.45, 7) is 6.41. The predicted molar refractivity (Wildman–Crippen MR) is 132 cm³/mol. The number of hydrogen-bond donors (Lipinski definition) is 1.